The van der Waals surface area contributed by atoms with Gasteiger partial charge in [-0.15, -0.1) is 0 Å². The maximum absolute atomic E-state index is 11.9. The van der Waals surface area contributed by atoms with Gasteiger partial charge < -0.3 is 25.4 Å². The van der Waals surface area contributed by atoms with E-state index in [0.29, 0.717) is 56.5 Å². The van der Waals surface area contributed by atoms with Crippen LogP contribution in [0.1, 0.15) is 12.1 Å². The first kappa shape index (κ1) is 23.2. The smallest absolute Gasteiger partial charge is 0.319 e. The summed E-state index contributed by atoms with van der Waals surface area (Å²) in [6.07, 6.45) is 1.89. The number of aromatic nitrogens is 2. The fourth-order valence-corrected chi connectivity index (χ4v) is 3.79. The van der Waals surface area contributed by atoms with E-state index in [2.05, 4.69) is 25.5 Å². The molecule has 0 unspecified atom stereocenters. The molecule has 1 saturated heterocycles. The third-order valence-corrected chi connectivity index (χ3v) is 5.39. The Morgan fingerprint density at radius 1 is 1.19 bits per heavy atom. The Kier molecular flexibility index (Phi) is 8.04. The van der Waals surface area contributed by atoms with Crippen molar-refractivity contribution in [1.29, 1.82) is 0 Å². The van der Waals surface area contributed by atoms with E-state index in [1.165, 1.54) is 6.26 Å². The molecule has 31 heavy (non-hydrogen) atoms. The quantitative estimate of drug-likeness (QED) is 0.385. The van der Waals surface area contributed by atoms with Gasteiger partial charge in [-0.05, 0) is 30.7 Å². The molecule has 0 saturated carbocycles. The zero-order valence-corrected chi connectivity index (χ0v) is 18.3. The number of nitrogens with zero attached hydrogens (tertiary/aromatic N) is 3. The molecule has 0 bridgehead atoms. The average molecular weight is 452 g/mol. The number of anilines is 2. The van der Waals surface area contributed by atoms with Crippen LogP contribution in [0, 0.1) is 0 Å². The minimum absolute atomic E-state index is 0.0215. The predicted octanol–water partition coefficient (Wildman–Crippen LogP) is 2.36. The number of aliphatic hydroxyl groups excluding tert-OH is 1. The molecule has 2 heterocycles. The maximum atomic E-state index is 11.9. The molecular formula is C20H29N5O5S. The van der Waals surface area contributed by atoms with Crippen LogP contribution in [0.2, 0.25) is 0 Å². The molecule has 2 aromatic rings. The molecule has 0 aliphatic carbocycles. The predicted molar refractivity (Wildman–Crippen MR) is 122 cm³/mol. The summed E-state index contributed by atoms with van der Waals surface area (Å²) in [5.74, 6) is 1.24. The highest BCUT2D eigenvalue weighted by Crippen LogP contribution is 2.38. The standard InChI is InChI=1S/C20H29N5O5S/c1-31(28,29)14-17-13-18(25-8-11-30-12-9-25)24-19(22-17)15-3-5-16(6-4-15)23-20(27)21-7-2-10-26/h3-6,13,26,28-29H,2,7-12,14H2,1H3,(H2,21,23,27). The molecule has 1 fully saturated rings. The van der Waals surface area contributed by atoms with Crippen LogP contribution in [0.25, 0.3) is 11.4 Å². The Bertz CT molecular complexity index is 869. The van der Waals surface area contributed by atoms with Crippen LogP contribution in [0.3, 0.4) is 0 Å². The van der Waals surface area contributed by atoms with Crippen LogP contribution in [0.5, 0.6) is 0 Å². The van der Waals surface area contributed by atoms with Crippen molar-refractivity contribution in [2.75, 3.05) is 55.9 Å². The van der Waals surface area contributed by atoms with Gasteiger partial charge >= 0.3 is 6.03 Å². The number of benzene rings is 1. The largest absolute Gasteiger partial charge is 0.396 e. The molecule has 2 amide bonds. The Labute approximate surface area is 183 Å². The summed E-state index contributed by atoms with van der Waals surface area (Å²) >= 11 is 0. The summed E-state index contributed by atoms with van der Waals surface area (Å²) in [5, 5.41) is 14.2. The molecule has 0 spiro atoms. The number of hydrogen-bond acceptors (Lipinski definition) is 8. The molecule has 3 rings (SSSR count). The second-order valence-electron chi connectivity index (χ2n) is 7.31. The van der Waals surface area contributed by atoms with Crippen molar-refractivity contribution in [3.63, 3.8) is 0 Å². The second kappa shape index (κ2) is 10.7. The number of rotatable bonds is 8. The number of aliphatic hydroxyl groups is 1. The first-order valence-corrected chi connectivity index (χ1v) is 12.1. The highest BCUT2D eigenvalue weighted by molar-refractivity contribution is 8.23. The Morgan fingerprint density at radius 2 is 1.90 bits per heavy atom. The van der Waals surface area contributed by atoms with Crippen molar-refractivity contribution in [3.8, 4) is 11.4 Å². The van der Waals surface area contributed by atoms with E-state index in [1.54, 1.807) is 30.3 Å². The number of nitrogens with one attached hydrogen (secondary N) is 2. The summed E-state index contributed by atoms with van der Waals surface area (Å²) in [4.78, 5) is 23.2. The van der Waals surface area contributed by atoms with E-state index in [0.717, 1.165) is 11.4 Å². The van der Waals surface area contributed by atoms with E-state index in [1.807, 2.05) is 0 Å². The lowest BCUT2D eigenvalue weighted by molar-refractivity contribution is 0.122. The van der Waals surface area contributed by atoms with E-state index in [4.69, 9.17) is 9.84 Å². The summed E-state index contributed by atoms with van der Waals surface area (Å²) in [6.45, 7) is 3.03. The second-order valence-corrected chi connectivity index (χ2v) is 9.59. The lowest BCUT2D eigenvalue weighted by Crippen LogP contribution is -2.37. The third kappa shape index (κ3) is 7.33. The number of carbonyl (C=O) groups is 1. The number of carbonyl (C=O) groups excluding carboxylic acids is 1. The van der Waals surface area contributed by atoms with Crippen molar-refractivity contribution >= 4 is 28.1 Å². The molecule has 1 aliphatic heterocycles. The van der Waals surface area contributed by atoms with Gasteiger partial charge in [0.2, 0.25) is 0 Å². The highest BCUT2D eigenvalue weighted by Gasteiger charge is 2.18. The van der Waals surface area contributed by atoms with Gasteiger partial charge in [0.15, 0.2) is 5.82 Å². The number of amides is 2. The van der Waals surface area contributed by atoms with Gasteiger partial charge in [-0.1, -0.05) is 0 Å². The van der Waals surface area contributed by atoms with Crippen molar-refractivity contribution < 1.29 is 23.7 Å². The van der Waals surface area contributed by atoms with Gasteiger partial charge in [-0.2, -0.15) is 10.6 Å². The first-order chi connectivity index (χ1) is 14.8. The average Bonchev–Trinajstić information content (AvgIpc) is 2.74. The highest BCUT2D eigenvalue weighted by atomic mass is 32.3. The molecule has 1 aromatic heterocycles. The molecule has 1 aliphatic rings. The number of ether oxygens (including phenoxy) is 1. The van der Waals surface area contributed by atoms with Crippen LogP contribution in [0.4, 0.5) is 16.3 Å². The molecule has 0 atom stereocenters. The Balaban J connectivity index is 1.79. The van der Waals surface area contributed by atoms with Crippen LogP contribution < -0.4 is 15.5 Å². The molecule has 10 nitrogen and oxygen atoms in total. The van der Waals surface area contributed by atoms with E-state index in [9.17, 15) is 13.9 Å². The van der Waals surface area contributed by atoms with Gasteiger partial charge in [-0.25, -0.2) is 14.8 Å². The zero-order valence-electron chi connectivity index (χ0n) is 17.5. The van der Waals surface area contributed by atoms with E-state index >= 15 is 0 Å². The van der Waals surface area contributed by atoms with E-state index < -0.39 is 10.6 Å². The fourth-order valence-electron chi connectivity index (χ4n) is 3.08. The monoisotopic (exact) mass is 451 g/mol. The normalized spacial score (nSPS) is 14.9. The minimum atomic E-state index is -2.76. The molecule has 170 valence electrons. The maximum Gasteiger partial charge on any atom is 0.319 e. The summed E-state index contributed by atoms with van der Waals surface area (Å²) in [7, 11) is -2.76. The topological polar surface area (TPSA) is 140 Å². The van der Waals surface area contributed by atoms with Crippen LogP contribution in [-0.4, -0.2) is 75.9 Å². The van der Waals surface area contributed by atoms with Gasteiger partial charge in [0, 0.05) is 49.8 Å². The Morgan fingerprint density at radius 3 is 2.55 bits per heavy atom. The Hall–Kier alpha value is -2.44. The molecule has 1 aromatic carbocycles. The summed E-state index contributed by atoms with van der Waals surface area (Å²) in [5.41, 5.74) is 1.91. The molecule has 0 radical (unpaired) electrons. The zero-order chi connectivity index (χ0) is 22.3. The lowest BCUT2D eigenvalue weighted by atomic mass is 10.2. The summed E-state index contributed by atoms with van der Waals surface area (Å²) in [6, 6.07) is 8.55. The fraction of sp³-hybridized carbons (Fsp3) is 0.450. The van der Waals surface area contributed by atoms with Crippen LogP contribution >= 0.6 is 10.6 Å². The number of hydrogen-bond donors (Lipinski definition) is 5. The van der Waals surface area contributed by atoms with Crippen molar-refractivity contribution in [1.82, 2.24) is 15.3 Å². The molecule has 11 heteroatoms. The first-order valence-electron chi connectivity index (χ1n) is 10.0. The van der Waals surface area contributed by atoms with Crippen molar-refractivity contribution in [3.05, 3.63) is 36.0 Å². The van der Waals surface area contributed by atoms with Gasteiger partial charge in [-0.3, -0.25) is 9.11 Å². The van der Waals surface area contributed by atoms with Gasteiger partial charge in [0.05, 0.1) is 24.7 Å². The van der Waals surface area contributed by atoms with Gasteiger partial charge in [0.25, 0.3) is 0 Å². The van der Waals surface area contributed by atoms with Crippen molar-refractivity contribution in [2.24, 2.45) is 0 Å². The van der Waals surface area contributed by atoms with Crippen molar-refractivity contribution in [2.45, 2.75) is 12.2 Å². The van der Waals surface area contributed by atoms with E-state index in [-0.39, 0.29) is 18.4 Å². The minimum Gasteiger partial charge on any atom is -0.396 e. The summed E-state index contributed by atoms with van der Waals surface area (Å²) < 4.78 is 25.2. The van der Waals surface area contributed by atoms with Crippen LogP contribution in [-0.2, 0) is 10.5 Å². The van der Waals surface area contributed by atoms with Gasteiger partial charge in [0.1, 0.15) is 5.82 Å². The van der Waals surface area contributed by atoms with Crippen LogP contribution in [0.15, 0.2) is 30.3 Å². The molecular weight excluding hydrogens is 422 g/mol. The third-order valence-electron chi connectivity index (χ3n) is 4.54. The number of urea groups is 1. The number of morpholine rings is 1. The molecule has 5 N–H and O–H groups in total. The SMILES string of the molecule is CS(O)(O)Cc1cc(N2CCOCC2)nc(-c2ccc(NC(=O)NCCCO)cc2)n1. The lowest BCUT2D eigenvalue weighted by Gasteiger charge is -2.30.